The quantitative estimate of drug-likeness (QED) is 0.851. The van der Waals surface area contributed by atoms with E-state index in [9.17, 15) is 9.50 Å². The Hall–Kier alpha value is -1.01. The van der Waals surface area contributed by atoms with Gasteiger partial charge in [0.1, 0.15) is 11.4 Å². The average molecular weight is 343 g/mol. The van der Waals surface area contributed by atoms with Gasteiger partial charge in [0.05, 0.1) is 6.20 Å². The van der Waals surface area contributed by atoms with Crippen molar-refractivity contribution in [2.45, 2.75) is 12.5 Å². The van der Waals surface area contributed by atoms with Gasteiger partial charge in [-0.3, -0.25) is 4.98 Å². The summed E-state index contributed by atoms with van der Waals surface area (Å²) in [5.74, 6) is -0.451. The molecular formula is C13H11FINO. The van der Waals surface area contributed by atoms with Crippen molar-refractivity contribution in [3.8, 4) is 0 Å². The monoisotopic (exact) mass is 343 g/mol. The Morgan fingerprint density at radius 3 is 2.41 bits per heavy atom. The Balaban J connectivity index is 2.45. The molecular weight excluding hydrogens is 332 g/mol. The minimum atomic E-state index is -1.24. The predicted octanol–water partition coefficient (Wildman–Crippen LogP) is 3.08. The first kappa shape index (κ1) is 12.4. The lowest BCUT2D eigenvalue weighted by molar-refractivity contribution is 0.101. The van der Waals surface area contributed by atoms with Gasteiger partial charge in [-0.1, -0.05) is 12.1 Å². The maximum atomic E-state index is 13.1. The molecule has 1 unspecified atom stereocenters. The van der Waals surface area contributed by atoms with Crippen molar-refractivity contribution in [3.63, 3.8) is 0 Å². The zero-order valence-corrected chi connectivity index (χ0v) is 11.3. The standard InChI is InChI=1S/C13H11FINO/c1-13(17,9-2-4-12(15)5-3-9)10-6-11(14)8-16-7-10/h2-8,17H,1H3. The third-order valence-corrected chi connectivity index (χ3v) is 3.39. The van der Waals surface area contributed by atoms with Crippen LogP contribution in [-0.2, 0) is 5.60 Å². The predicted molar refractivity (Wildman–Crippen MR) is 72.0 cm³/mol. The Morgan fingerprint density at radius 2 is 1.82 bits per heavy atom. The van der Waals surface area contributed by atoms with Crippen LogP contribution in [-0.4, -0.2) is 10.1 Å². The van der Waals surface area contributed by atoms with E-state index in [-0.39, 0.29) is 0 Å². The first-order valence-corrected chi connectivity index (χ1v) is 6.17. The fourth-order valence-electron chi connectivity index (χ4n) is 1.62. The van der Waals surface area contributed by atoms with E-state index in [1.807, 2.05) is 24.3 Å². The first-order chi connectivity index (χ1) is 8.00. The van der Waals surface area contributed by atoms with E-state index < -0.39 is 11.4 Å². The summed E-state index contributed by atoms with van der Waals surface area (Å²) in [5.41, 5.74) is -0.0802. The molecule has 1 atom stereocenters. The van der Waals surface area contributed by atoms with Crippen LogP contribution in [0.25, 0.3) is 0 Å². The molecule has 2 nitrogen and oxygen atoms in total. The highest BCUT2D eigenvalue weighted by Crippen LogP contribution is 2.29. The van der Waals surface area contributed by atoms with E-state index in [0.29, 0.717) is 11.1 Å². The third kappa shape index (κ3) is 2.63. The number of aliphatic hydroxyl groups is 1. The normalized spacial score (nSPS) is 14.4. The van der Waals surface area contributed by atoms with Crippen molar-refractivity contribution < 1.29 is 9.50 Å². The highest BCUT2D eigenvalue weighted by molar-refractivity contribution is 14.1. The lowest BCUT2D eigenvalue weighted by Gasteiger charge is -2.24. The van der Waals surface area contributed by atoms with Crippen LogP contribution < -0.4 is 0 Å². The summed E-state index contributed by atoms with van der Waals surface area (Å²) in [6.07, 6.45) is 2.59. The molecule has 0 spiro atoms. The lowest BCUT2D eigenvalue weighted by Crippen LogP contribution is -2.23. The van der Waals surface area contributed by atoms with Gasteiger partial charge < -0.3 is 5.11 Å². The molecule has 4 heteroatoms. The fraction of sp³-hybridized carbons (Fsp3) is 0.154. The maximum Gasteiger partial charge on any atom is 0.141 e. The second kappa shape index (κ2) is 4.70. The molecule has 2 rings (SSSR count). The molecule has 0 saturated heterocycles. The number of rotatable bonds is 2. The zero-order valence-electron chi connectivity index (χ0n) is 9.19. The molecule has 0 saturated carbocycles. The summed E-state index contributed by atoms with van der Waals surface area (Å²) in [6, 6.07) is 8.75. The van der Waals surface area contributed by atoms with Crippen molar-refractivity contribution in [3.05, 3.63) is 63.2 Å². The third-order valence-electron chi connectivity index (χ3n) is 2.67. The summed E-state index contributed by atoms with van der Waals surface area (Å²) < 4.78 is 14.2. The molecule has 1 aromatic heterocycles. The van der Waals surface area contributed by atoms with Crippen molar-refractivity contribution >= 4 is 22.6 Å². The average Bonchev–Trinajstić information content (AvgIpc) is 2.29. The van der Waals surface area contributed by atoms with Crippen LogP contribution in [0.15, 0.2) is 42.7 Å². The number of halogens is 2. The molecule has 88 valence electrons. The smallest absolute Gasteiger partial charge is 0.141 e. The van der Waals surface area contributed by atoms with E-state index in [2.05, 4.69) is 27.6 Å². The fourth-order valence-corrected chi connectivity index (χ4v) is 1.98. The maximum absolute atomic E-state index is 13.1. The molecule has 0 aliphatic heterocycles. The highest BCUT2D eigenvalue weighted by Gasteiger charge is 2.26. The molecule has 0 aliphatic rings. The van der Waals surface area contributed by atoms with E-state index in [4.69, 9.17) is 0 Å². The molecule has 2 aromatic rings. The van der Waals surface area contributed by atoms with Crippen LogP contribution in [0.4, 0.5) is 4.39 Å². The van der Waals surface area contributed by atoms with Gasteiger partial charge in [-0.25, -0.2) is 4.39 Å². The molecule has 0 aliphatic carbocycles. The molecule has 0 fully saturated rings. The molecule has 0 amide bonds. The van der Waals surface area contributed by atoms with Crippen molar-refractivity contribution in [2.24, 2.45) is 0 Å². The van der Waals surface area contributed by atoms with Gasteiger partial charge in [-0.2, -0.15) is 0 Å². The molecule has 0 bridgehead atoms. The van der Waals surface area contributed by atoms with Crippen LogP contribution in [0.2, 0.25) is 0 Å². The summed E-state index contributed by atoms with van der Waals surface area (Å²) in [4.78, 5) is 3.76. The van der Waals surface area contributed by atoms with Crippen LogP contribution >= 0.6 is 22.6 Å². The number of pyridine rings is 1. The Bertz CT molecular complexity index is 525. The van der Waals surface area contributed by atoms with Gasteiger partial charge in [0.2, 0.25) is 0 Å². The Labute approximate surface area is 113 Å². The SMILES string of the molecule is CC(O)(c1ccc(I)cc1)c1cncc(F)c1. The van der Waals surface area contributed by atoms with E-state index >= 15 is 0 Å². The van der Waals surface area contributed by atoms with Gasteiger partial charge in [0.25, 0.3) is 0 Å². The van der Waals surface area contributed by atoms with Crippen molar-refractivity contribution in [2.75, 3.05) is 0 Å². The summed E-state index contributed by atoms with van der Waals surface area (Å²) in [6.45, 7) is 1.63. The number of nitrogens with zero attached hydrogens (tertiary/aromatic N) is 1. The Kier molecular flexibility index (Phi) is 3.44. The van der Waals surface area contributed by atoms with E-state index in [1.165, 1.54) is 12.3 Å². The number of hydrogen-bond acceptors (Lipinski definition) is 2. The van der Waals surface area contributed by atoms with E-state index in [1.54, 1.807) is 6.92 Å². The second-order valence-corrected chi connectivity index (χ2v) is 5.22. The molecule has 0 radical (unpaired) electrons. The number of hydrogen-bond donors (Lipinski definition) is 1. The summed E-state index contributed by atoms with van der Waals surface area (Å²) in [5, 5.41) is 10.5. The highest BCUT2D eigenvalue weighted by atomic mass is 127. The second-order valence-electron chi connectivity index (χ2n) is 3.97. The van der Waals surface area contributed by atoms with Crippen molar-refractivity contribution in [1.29, 1.82) is 0 Å². The van der Waals surface area contributed by atoms with Gasteiger partial charge in [-0.05, 0) is 53.3 Å². The summed E-state index contributed by atoms with van der Waals surface area (Å²) >= 11 is 2.19. The lowest BCUT2D eigenvalue weighted by atomic mass is 9.89. The van der Waals surface area contributed by atoms with Crippen LogP contribution in [0.1, 0.15) is 18.1 Å². The number of aromatic nitrogens is 1. The van der Waals surface area contributed by atoms with Gasteiger partial charge in [0, 0.05) is 15.3 Å². The van der Waals surface area contributed by atoms with Crippen LogP contribution in [0.5, 0.6) is 0 Å². The minimum absolute atomic E-state index is 0.443. The molecule has 1 N–H and O–H groups in total. The Morgan fingerprint density at radius 1 is 1.18 bits per heavy atom. The largest absolute Gasteiger partial charge is 0.381 e. The van der Waals surface area contributed by atoms with Crippen LogP contribution in [0, 0.1) is 9.39 Å². The van der Waals surface area contributed by atoms with Crippen molar-refractivity contribution in [1.82, 2.24) is 4.98 Å². The van der Waals surface area contributed by atoms with Gasteiger partial charge in [0.15, 0.2) is 0 Å². The summed E-state index contributed by atoms with van der Waals surface area (Å²) in [7, 11) is 0. The molecule has 1 heterocycles. The number of benzene rings is 1. The topological polar surface area (TPSA) is 33.1 Å². The molecule has 1 aromatic carbocycles. The van der Waals surface area contributed by atoms with Gasteiger partial charge in [-0.15, -0.1) is 0 Å². The van der Waals surface area contributed by atoms with E-state index in [0.717, 1.165) is 9.77 Å². The zero-order chi connectivity index (χ0) is 12.5. The first-order valence-electron chi connectivity index (χ1n) is 5.09. The van der Waals surface area contributed by atoms with Crippen LogP contribution in [0.3, 0.4) is 0 Å². The molecule has 17 heavy (non-hydrogen) atoms. The minimum Gasteiger partial charge on any atom is -0.381 e. The van der Waals surface area contributed by atoms with Gasteiger partial charge >= 0.3 is 0 Å².